The summed E-state index contributed by atoms with van der Waals surface area (Å²) in [6.07, 6.45) is -3.34. The summed E-state index contributed by atoms with van der Waals surface area (Å²) in [5, 5.41) is 16.4. The van der Waals surface area contributed by atoms with Gasteiger partial charge in [0, 0.05) is 11.1 Å². The molecule has 20 heteroatoms. The van der Waals surface area contributed by atoms with Crippen molar-refractivity contribution in [1.82, 2.24) is 14.8 Å². The van der Waals surface area contributed by atoms with E-state index in [2.05, 4.69) is 20.4 Å². The number of nitrogens with one attached hydrogen (secondary N) is 1. The molecule has 4 aromatic rings. The highest BCUT2D eigenvalue weighted by Gasteiger charge is 2.46. The van der Waals surface area contributed by atoms with Gasteiger partial charge in [-0.3, -0.25) is 9.69 Å². The molecule has 0 bridgehead atoms. The lowest BCUT2D eigenvalue weighted by molar-refractivity contribution is -0.176. The van der Waals surface area contributed by atoms with Crippen molar-refractivity contribution in [2.75, 3.05) is 22.6 Å². The first kappa shape index (κ1) is 36.0. The van der Waals surface area contributed by atoms with Gasteiger partial charge in [0.15, 0.2) is 11.0 Å². The van der Waals surface area contributed by atoms with E-state index in [0.29, 0.717) is 11.1 Å². The van der Waals surface area contributed by atoms with Crippen LogP contribution in [-0.2, 0) is 26.0 Å². The first-order valence-electron chi connectivity index (χ1n) is 13.9. The standard InChI is InChI=1S/C30H21F6N7O5S2/c1-17-2-3-19(13-48-15-29(31,32)33)24(10-17)43-25(44)14-49-28(43)40-27(45)39-23-9-4-18(11-20(23)12-37)26-38-16-42(41-26)21-5-7-22(8-6-21)50(46,47)30(34,35)36/h2-11,16H,13-15H2,1H3,(H,39,45). The number of nitrogens with zero attached hydrogens (tertiary/aromatic N) is 6. The number of thioether (sulfide) groups is 1. The number of anilines is 2. The van der Waals surface area contributed by atoms with Crippen LogP contribution in [0.15, 0.2) is 76.9 Å². The van der Waals surface area contributed by atoms with E-state index in [1.165, 1.54) is 35.3 Å². The van der Waals surface area contributed by atoms with Gasteiger partial charge < -0.3 is 10.1 Å². The zero-order chi connectivity index (χ0) is 36.4. The monoisotopic (exact) mass is 737 g/mol. The average Bonchev–Trinajstić information content (AvgIpc) is 3.68. The fourth-order valence-corrected chi connectivity index (χ4v) is 6.13. The van der Waals surface area contributed by atoms with Gasteiger partial charge >= 0.3 is 17.7 Å². The number of hydrogen-bond acceptors (Lipinski definition) is 9. The molecule has 1 saturated heterocycles. The number of aryl methyl sites for hydroxylation is 1. The fourth-order valence-electron chi connectivity index (χ4n) is 4.51. The highest BCUT2D eigenvalue weighted by molar-refractivity contribution is 8.15. The molecule has 5 rings (SSSR count). The SMILES string of the molecule is Cc1ccc(COCC(F)(F)F)c(N2C(=O)CSC2=NC(=O)Nc2ccc(-c3ncn(-c4ccc(S(=O)(=O)C(F)(F)F)cc4)n3)cc2C#N)c1. The largest absolute Gasteiger partial charge is 0.501 e. The second-order valence-electron chi connectivity index (χ2n) is 10.4. The molecule has 0 atom stereocenters. The Morgan fingerprint density at radius 1 is 1.08 bits per heavy atom. The van der Waals surface area contributed by atoms with Crippen molar-refractivity contribution in [3.63, 3.8) is 0 Å². The molecule has 50 heavy (non-hydrogen) atoms. The number of alkyl halides is 6. The van der Waals surface area contributed by atoms with Crippen molar-refractivity contribution < 1.29 is 49.1 Å². The van der Waals surface area contributed by atoms with Crippen LogP contribution < -0.4 is 10.2 Å². The molecular weight excluding hydrogens is 716 g/mol. The van der Waals surface area contributed by atoms with E-state index in [1.807, 2.05) is 6.07 Å². The Hall–Kier alpha value is -5.26. The van der Waals surface area contributed by atoms with Gasteiger partial charge in [0.2, 0.25) is 5.91 Å². The maximum atomic E-state index is 13.0. The molecular formula is C30H21F6N7O5S2. The lowest BCUT2D eigenvalue weighted by atomic mass is 10.1. The number of sulfone groups is 1. The van der Waals surface area contributed by atoms with Gasteiger partial charge in [0.1, 0.15) is 19.0 Å². The van der Waals surface area contributed by atoms with E-state index in [9.17, 15) is 49.6 Å². The van der Waals surface area contributed by atoms with Gasteiger partial charge in [-0.2, -0.15) is 36.6 Å². The molecule has 12 nitrogen and oxygen atoms in total. The van der Waals surface area contributed by atoms with Gasteiger partial charge in [0.25, 0.3) is 9.84 Å². The zero-order valence-electron chi connectivity index (χ0n) is 25.3. The lowest BCUT2D eigenvalue weighted by Crippen LogP contribution is -2.31. The molecule has 3 amide bonds. The average molecular weight is 738 g/mol. The van der Waals surface area contributed by atoms with Gasteiger partial charge in [-0.25, -0.2) is 22.9 Å². The third kappa shape index (κ3) is 7.96. The van der Waals surface area contributed by atoms with E-state index in [0.717, 1.165) is 40.9 Å². The smallest absolute Gasteiger partial charge is 0.367 e. The summed E-state index contributed by atoms with van der Waals surface area (Å²) in [4.78, 5) is 34.1. The van der Waals surface area contributed by atoms with Gasteiger partial charge in [-0.05, 0) is 61.0 Å². The van der Waals surface area contributed by atoms with E-state index in [-0.39, 0.29) is 44.9 Å². The van der Waals surface area contributed by atoms with Crippen LogP contribution in [0.5, 0.6) is 0 Å². The topological polar surface area (TPSA) is 160 Å². The summed E-state index contributed by atoms with van der Waals surface area (Å²) in [5.74, 6) is -0.492. The number of rotatable bonds is 8. The zero-order valence-corrected chi connectivity index (χ0v) is 26.9. The van der Waals surface area contributed by atoms with Crippen molar-refractivity contribution in [3.05, 3.63) is 83.7 Å². The third-order valence-electron chi connectivity index (χ3n) is 6.82. The second kappa shape index (κ2) is 13.9. The van der Waals surface area contributed by atoms with Gasteiger partial charge in [-0.15, -0.1) is 5.10 Å². The Balaban J connectivity index is 1.33. The van der Waals surface area contributed by atoms with Crippen LogP contribution in [0.3, 0.4) is 0 Å². The van der Waals surface area contributed by atoms with Gasteiger partial charge in [-0.1, -0.05) is 23.9 Å². The Morgan fingerprint density at radius 3 is 2.46 bits per heavy atom. The number of carbonyl (C=O) groups excluding carboxylic acids is 2. The van der Waals surface area contributed by atoms with Crippen LogP contribution in [0.2, 0.25) is 0 Å². The minimum Gasteiger partial charge on any atom is -0.367 e. The lowest BCUT2D eigenvalue weighted by Gasteiger charge is -2.21. The highest BCUT2D eigenvalue weighted by atomic mass is 32.2. The second-order valence-corrected chi connectivity index (χ2v) is 13.3. The quantitative estimate of drug-likeness (QED) is 0.209. The molecule has 1 aliphatic rings. The molecule has 0 unspecified atom stereocenters. The number of aromatic nitrogens is 3. The number of urea groups is 1. The van der Waals surface area contributed by atoms with Crippen LogP contribution in [0.25, 0.3) is 17.1 Å². The summed E-state index contributed by atoms with van der Waals surface area (Å²) in [6, 6.07) is 13.6. The first-order chi connectivity index (χ1) is 23.5. The molecule has 1 aromatic heterocycles. The molecule has 3 aromatic carbocycles. The molecule has 1 aliphatic heterocycles. The number of amides is 3. The number of benzene rings is 3. The highest BCUT2D eigenvalue weighted by Crippen LogP contribution is 2.33. The summed E-state index contributed by atoms with van der Waals surface area (Å²) in [5.41, 5.74) is -3.83. The van der Waals surface area contributed by atoms with Crippen molar-refractivity contribution in [2.24, 2.45) is 4.99 Å². The van der Waals surface area contributed by atoms with Gasteiger partial charge in [0.05, 0.1) is 39.9 Å². The van der Waals surface area contributed by atoms with Crippen LogP contribution >= 0.6 is 11.8 Å². The first-order valence-corrected chi connectivity index (χ1v) is 16.4. The number of nitriles is 1. The van der Waals surface area contributed by atoms with E-state index in [1.54, 1.807) is 19.1 Å². The Morgan fingerprint density at radius 2 is 1.80 bits per heavy atom. The molecule has 0 aliphatic carbocycles. The summed E-state index contributed by atoms with van der Waals surface area (Å²) < 4.78 is 106. The summed E-state index contributed by atoms with van der Waals surface area (Å²) >= 11 is 0.929. The minimum atomic E-state index is -5.54. The molecule has 0 spiro atoms. The predicted octanol–water partition coefficient (Wildman–Crippen LogP) is 6.15. The number of carbonyl (C=O) groups is 2. The maximum Gasteiger partial charge on any atom is 0.501 e. The third-order valence-corrected chi connectivity index (χ3v) is 9.24. The van der Waals surface area contributed by atoms with Crippen LogP contribution in [0, 0.1) is 18.3 Å². The number of amidine groups is 1. The number of ether oxygens (including phenoxy) is 1. The Kier molecular flexibility index (Phi) is 10.0. The van der Waals surface area contributed by atoms with E-state index >= 15 is 0 Å². The van der Waals surface area contributed by atoms with Crippen molar-refractivity contribution >= 4 is 50.1 Å². The number of aliphatic imine (C=N–C) groups is 1. The normalized spacial score (nSPS) is 14.6. The van der Waals surface area contributed by atoms with Crippen molar-refractivity contribution in [1.29, 1.82) is 5.26 Å². The Labute approximate surface area is 283 Å². The molecule has 0 saturated carbocycles. The van der Waals surface area contributed by atoms with Crippen LogP contribution in [0.4, 0.5) is 42.5 Å². The van der Waals surface area contributed by atoms with E-state index in [4.69, 9.17) is 4.74 Å². The maximum absolute atomic E-state index is 13.0. The van der Waals surface area contributed by atoms with Crippen LogP contribution in [0.1, 0.15) is 16.7 Å². The predicted molar refractivity (Wildman–Crippen MR) is 168 cm³/mol. The van der Waals surface area contributed by atoms with E-state index < -0.39 is 51.6 Å². The molecule has 260 valence electrons. The summed E-state index contributed by atoms with van der Waals surface area (Å²) in [7, 11) is -5.54. The minimum absolute atomic E-state index is 0.0316. The van der Waals surface area contributed by atoms with Crippen molar-refractivity contribution in [2.45, 2.75) is 30.1 Å². The van der Waals surface area contributed by atoms with Crippen molar-refractivity contribution in [3.8, 4) is 23.1 Å². The Bertz CT molecular complexity index is 2140. The molecule has 0 radical (unpaired) electrons. The summed E-state index contributed by atoms with van der Waals surface area (Å²) in [6.45, 7) is -0.255. The number of hydrogen-bond donors (Lipinski definition) is 1. The fraction of sp³-hybridized carbons (Fsp3) is 0.200. The molecule has 1 N–H and O–H groups in total. The van der Waals surface area contributed by atoms with Crippen LogP contribution in [-0.4, -0.2) is 64.3 Å². The molecule has 1 fully saturated rings. The molecule has 2 heterocycles. The number of halogens is 6.